The van der Waals surface area contributed by atoms with Crippen LogP contribution in [0.4, 0.5) is 5.95 Å². The van der Waals surface area contributed by atoms with E-state index >= 15 is 0 Å². The lowest BCUT2D eigenvalue weighted by Crippen LogP contribution is -2.31. The third kappa shape index (κ3) is 4.71. The maximum absolute atomic E-state index is 5.52. The highest BCUT2D eigenvalue weighted by Gasteiger charge is 2.19. The van der Waals surface area contributed by atoms with Crippen LogP contribution in [0.15, 0.2) is 42.7 Å². The molecule has 4 rings (SSSR count). The summed E-state index contributed by atoms with van der Waals surface area (Å²) < 4.78 is 10.8. The summed E-state index contributed by atoms with van der Waals surface area (Å²) in [4.78, 5) is 13.7. The molecule has 0 radical (unpaired) electrons. The van der Waals surface area contributed by atoms with E-state index in [-0.39, 0.29) is 0 Å². The molecular weight excluding hydrogens is 380 g/mol. The van der Waals surface area contributed by atoms with Gasteiger partial charge < -0.3 is 14.4 Å². The van der Waals surface area contributed by atoms with Gasteiger partial charge in [0.05, 0.1) is 25.6 Å². The molecule has 0 saturated carbocycles. The zero-order valence-corrected chi connectivity index (χ0v) is 17.5. The van der Waals surface area contributed by atoms with Gasteiger partial charge in [-0.1, -0.05) is 0 Å². The van der Waals surface area contributed by atoms with Gasteiger partial charge in [-0.2, -0.15) is 10.1 Å². The number of nitrogens with one attached hydrogen (secondary N) is 1. The van der Waals surface area contributed by atoms with Crippen molar-refractivity contribution < 1.29 is 9.47 Å². The van der Waals surface area contributed by atoms with Crippen molar-refractivity contribution in [2.45, 2.75) is 19.9 Å². The van der Waals surface area contributed by atoms with Gasteiger partial charge in [-0.15, -0.1) is 0 Å². The van der Waals surface area contributed by atoms with Crippen LogP contribution in [0.5, 0.6) is 11.6 Å². The Labute approximate surface area is 176 Å². The lowest BCUT2D eigenvalue weighted by atomic mass is 10.1. The van der Waals surface area contributed by atoms with Gasteiger partial charge >= 0.3 is 0 Å². The van der Waals surface area contributed by atoms with Crippen LogP contribution in [0.25, 0.3) is 11.3 Å². The summed E-state index contributed by atoms with van der Waals surface area (Å²) in [6.45, 7) is 7.19. The van der Waals surface area contributed by atoms with E-state index in [1.165, 1.54) is 5.56 Å². The lowest BCUT2D eigenvalue weighted by molar-refractivity contribution is 0.285. The van der Waals surface area contributed by atoms with E-state index in [1.54, 1.807) is 19.4 Å². The van der Waals surface area contributed by atoms with Crippen LogP contribution in [-0.2, 0) is 6.54 Å². The Balaban J connectivity index is 1.41. The highest BCUT2D eigenvalue weighted by atomic mass is 16.5. The Morgan fingerprint density at radius 2 is 1.93 bits per heavy atom. The van der Waals surface area contributed by atoms with Crippen LogP contribution in [0.1, 0.15) is 18.9 Å². The standard InChI is InChI=1S/C22H28N6O2/c1-3-30-20-9-10-23-22(25-20)28-12-4-11-27(13-14-28)16-18-15-24-26-21(18)17-5-7-19(29-2)8-6-17/h5-10,15H,3-4,11-14,16H2,1-2H3,(H,24,26). The minimum absolute atomic E-state index is 0.603. The lowest BCUT2D eigenvalue weighted by Gasteiger charge is -2.22. The minimum Gasteiger partial charge on any atom is -0.497 e. The quantitative estimate of drug-likeness (QED) is 0.644. The number of hydrogen-bond donors (Lipinski definition) is 1. The van der Waals surface area contributed by atoms with Gasteiger partial charge in [-0.05, 0) is 37.6 Å². The highest BCUT2D eigenvalue weighted by Crippen LogP contribution is 2.25. The molecule has 30 heavy (non-hydrogen) atoms. The molecule has 0 atom stereocenters. The van der Waals surface area contributed by atoms with Crippen LogP contribution in [0, 0.1) is 0 Å². The van der Waals surface area contributed by atoms with Gasteiger partial charge in [0.2, 0.25) is 11.8 Å². The molecular formula is C22H28N6O2. The van der Waals surface area contributed by atoms with Crippen LogP contribution in [0.2, 0.25) is 0 Å². The number of ether oxygens (including phenoxy) is 2. The predicted molar refractivity (Wildman–Crippen MR) is 116 cm³/mol. The summed E-state index contributed by atoms with van der Waals surface area (Å²) in [6.07, 6.45) is 4.75. The number of anilines is 1. The molecule has 2 aromatic heterocycles. The molecule has 1 aromatic carbocycles. The molecule has 158 valence electrons. The SMILES string of the molecule is CCOc1ccnc(N2CCCN(Cc3cn[nH]c3-c3ccc(OC)cc3)CC2)n1. The van der Waals surface area contributed by atoms with Crippen molar-refractivity contribution >= 4 is 5.95 Å². The fourth-order valence-corrected chi connectivity index (χ4v) is 3.72. The Kier molecular flexibility index (Phi) is 6.44. The van der Waals surface area contributed by atoms with E-state index in [4.69, 9.17) is 9.47 Å². The molecule has 1 N–H and O–H groups in total. The van der Waals surface area contributed by atoms with Crippen molar-refractivity contribution in [2.24, 2.45) is 0 Å². The topological polar surface area (TPSA) is 79.4 Å². The Bertz CT molecular complexity index is 943. The molecule has 3 heterocycles. The first kappa shape index (κ1) is 20.2. The Hall–Kier alpha value is -3.13. The number of nitrogens with zero attached hydrogens (tertiary/aromatic N) is 5. The number of hydrogen-bond acceptors (Lipinski definition) is 7. The smallest absolute Gasteiger partial charge is 0.228 e. The Morgan fingerprint density at radius 3 is 2.73 bits per heavy atom. The summed E-state index contributed by atoms with van der Waals surface area (Å²) in [7, 11) is 1.68. The van der Waals surface area contributed by atoms with Gasteiger partial charge in [-0.25, -0.2) is 4.98 Å². The predicted octanol–water partition coefficient (Wildman–Crippen LogP) is 2.99. The number of aromatic amines is 1. The van der Waals surface area contributed by atoms with E-state index in [9.17, 15) is 0 Å². The van der Waals surface area contributed by atoms with Gasteiger partial charge in [-0.3, -0.25) is 10.00 Å². The number of methoxy groups -OCH3 is 1. The van der Waals surface area contributed by atoms with Gasteiger partial charge in [0, 0.05) is 56.1 Å². The highest BCUT2D eigenvalue weighted by molar-refractivity contribution is 5.63. The zero-order chi connectivity index (χ0) is 20.8. The summed E-state index contributed by atoms with van der Waals surface area (Å²) in [5, 5.41) is 7.45. The molecule has 1 aliphatic heterocycles. The maximum Gasteiger partial charge on any atom is 0.228 e. The average Bonchev–Trinajstić information content (AvgIpc) is 3.11. The average molecular weight is 409 g/mol. The summed E-state index contributed by atoms with van der Waals surface area (Å²) in [5.74, 6) is 2.22. The molecule has 0 amide bonds. The molecule has 0 aliphatic carbocycles. The molecule has 8 nitrogen and oxygen atoms in total. The summed E-state index contributed by atoms with van der Waals surface area (Å²) in [5.41, 5.74) is 3.37. The molecule has 1 saturated heterocycles. The van der Waals surface area contributed by atoms with E-state index in [1.807, 2.05) is 25.3 Å². The van der Waals surface area contributed by atoms with Crippen LogP contribution >= 0.6 is 0 Å². The second-order valence-corrected chi connectivity index (χ2v) is 7.24. The fourth-order valence-electron chi connectivity index (χ4n) is 3.72. The van der Waals surface area contributed by atoms with Gasteiger partial charge in [0.1, 0.15) is 5.75 Å². The minimum atomic E-state index is 0.603. The number of aromatic nitrogens is 4. The first-order valence-corrected chi connectivity index (χ1v) is 10.4. The molecule has 0 unspecified atom stereocenters. The van der Waals surface area contributed by atoms with E-state index in [0.717, 1.165) is 62.1 Å². The summed E-state index contributed by atoms with van der Waals surface area (Å²) in [6, 6.07) is 9.86. The molecule has 1 fully saturated rings. The third-order valence-corrected chi connectivity index (χ3v) is 5.27. The second kappa shape index (κ2) is 9.58. The first-order valence-electron chi connectivity index (χ1n) is 10.4. The van der Waals surface area contributed by atoms with E-state index < -0.39 is 0 Å². The number of H-pyrrole nitrogens is 1. The van der Waals surface area contributed by atoms with Crippen molar-refractivity contribution in [3.8, 4) is 22.9 Å². The second-order valence-electron chi connectivity index (χ2n) is 7.24. The molecule has 8 heteroatoms. The monoisotopic (exact) mass is 408 g/mol. The van der Waals surface area contributed by atoms with Crippen molar-refractivity contribution in [1.82, 2.24) is 25.1 Å². The largest absolute Gasteiger partial charge is 0.497 e. The van der Waals surface area contributed by atoms with Crippen LogP contribution in [-0.4, -0.2) is 65.0 Å². The maximum atomic E-state index is 5.52. The van der Waals surface area contributed by atoms with E-state index in [0.29, 0.717) is 12.5 Å². The van der Waals surface area contributed by atoms with Crippen LogP contribution in [0.3, 0.4) is 0 Å². The van der Waals surface area contributed by atoms with Gasteiger partial charge in [0.25, 0.3) is 0 Å². The van der Waals surface area contributed by atoms with Crippen molar-refractivity contribution in [1.29, 1.82) is 0 Å². The van der Waals surface area contributed by atoms with Crippen LogP contribution < -0.4 is 14.4 Å². The van der Waals surface area contributed by atoms with Crippen molar-refractivity contribution in [2.75, 3.05) is 44.8 Å². The molecule has 0 bridgehead atoms. The fraction of sp³-hybridized carbons (Fsp3) is 0.409. The molecule has 3 aromatic rings. The number of rotatable bonds is 7. The third-order valence-electron chi connectivity index (χ3n) is 5.27. The van der Waals surface area contributed by atoms with Gasteiger partial charge in [0.15, 0.2) is 0 Å². The molecule has 0 spiro atoms. The zero-order valence-electron chi connectivity index (χ0n) is 17.5. The normalized spacial score (nSPS) is 15.1. The molecule has 1 aliphatic rings. The van der Waals surface area contributed by atoms with Crippen molar-refractivity contribution in [3.63, 3.8) is 0 Å². The first-order chi connectivity index (χ1) is 14.8. The summed E-state index contributed by atoms with van der Waals surface area (Å²) >= 11 is 0. The number of benzene rings is 1. The van der Waals surface area contributed by atoms with E-state index in [2.05, 4.69) is 42.1 Å². The Morgan fingerprint density at radius 1 is 1.07 bits per heavy atom. The van der Waals surface area contributed by atoms with Crippen molar-refractivity contribution in [3.05, 3.63) is 48.3 Å².